The van der Waals surface area contributed by atoms with E-state index in [2.05, 4.69) is 19.2 Å². The van der Waals surface area contributed by atoms with Crippen LogP contribution in [0.15, 0.2) is 0 Å². The SMILES string of the molecule is CCC(CC)(CO)NCC1CCOC1. The van der Waals surface area contributed by atoms with Gasteiger partial charge in [0.05, 0.1) is 13.2 Å². The van der Waals surface area contributed by atoms with Crippen LogP contribution in [-0.2, 0) is 4.74 Å². The smallest absolute Gasteiger partial charge is 0.0613 e. The van der Waals surface area contributed by atoms with Crippen molar-refractivity contribution in [3.05, 3.63) is 0 Å². The number of aliphatic hydroxyl groups is 1. The highest BCUT2D eigenvalue weighted by atomic mass is 16.5. The molecule has 0 amide bonds. The largest absolute Gasteiger partial charge is 0.394 e. The highest BCUT2D eigenvalue weighted by Crippen LogP contribution is 2.17. The van der Waals surface area contributed by atoms with Gasteiger partial charge in [-0.15, -0.1) is 0 Å². The first-order valence-electron chi connectivity index (χ1n) is 5.70. The molecule has 0 aromatic heterocycles. The maximum atomic E-state index is 9.36. The van der Waals surface area contributed by atoms with E-state index in [4.69, 9.17) is 4.74 Å². The maximum Gasteiger partial charge on any atom is 0.0613 e. The molecule has 84 valence electrons. The second kappa shape index (κ2) is 5.69. The molecule has 0 bridgehead atoms. The van der Waals surface area contributed by atoms with Crippen LogP contribution in [-0.4, -0.2) is 37.0 Å². The first-order chi connectivity index (χ1) is 6.76. The number of aliphatic hydroxyl groups excluding tert-OH is 1. The van der Waals surface area contributed by atoms with Crippen LogP contribution in [0.5, 0.6) is 0 Å². The second-order valence-corrected chi connectivity index (χ2v) is 4.26. The summed E-state index contributed by atoms with van der Waals surface area (Å²) >= 11 is 0. The van der Waals surface area contributed by atoms with E-state index in [9.17, 15) is 5.11 Å². The first kappa shape index (κ1) is 12.0. The fourth-order valence-electron chi connectivity index (χ4n) is 1.88. The number of ether oxygens (including phenoxy) is 1. The lowest BCUT2D eigenvalue weighted by molar-refractivity contribution is 0.140. The third-order valence-electron chi connectivity index (χ3n) is 3.45. The minimum absolute atomic E-state index is 0.0669. The Morgan fingerprint density at radius 1 is 1.43 bits per heavy atom. The van der Waals surface area contributed by atoms with E-state index in [1.165, 1.54) is 0 Å². The highest BCUT2D eigenvalue weighted by Gasteiger charge is 2.26. The van der Waals surface area contributed by atoms with Crippen LogP contribution >= 0.6 is 0 Å². The molecule has 1 rings (SSSR count). The van der Waals surface area contributed by atoms with E-state index in [0.29, 0.717) is 5.92 Å². The fourth-order valence-corrected chi connectivity index (χ4v) is 1.88. The Kier molecular flexibility index (Phi) is 4.85. The zero-order chi connectivity index (χ0) is 10.4. The molecule has 3 heteroatoms. The first-order valence-corrected chi connectivity index (χ1v) is 5.70. The Hall–Kier alpha value is -0.120. The third kappa shape index (κ3) is 2.94. The molecule has 0 aromatic carbocycles. The quantitative estimate of drug-likeness (QED) is 0.677. The van der Waals surface area contributed by atoms with Gasteiger partial charge in [0, 0.05) is 18.7 Å². The van der Waals surface area contributed by atoms with Crippen LogP contribution in [0.4, 0.5) is 0 Å². The monoisotopic (exact) mass is 201 g/mol. The van der Waals surface area contributed by atoms with E-state index in [0.717, 1.165) is 39.0 Å². The number of hydrogen-bond donors (Lipinski definition) is 2. The van der Waals surface area contributed by atoms with Crippen molar-refractivity contribution >= 4 is 0 Å². The molecule has 1 atom stereocenters. The van der Waals surface area contributed by atoms with Gasteiger partial charge in [-0.2, -0.15) is 0 Å². The van der Waals surface area contributed by atoms with Crippen LogP contribution < -0.4 is 5.32 Å². The fraction of sp³-hybridized carbons (Fsp3) is 1.00. The summed E-state index contributed by atoms with van der Waals surface area (Å²) in [4.78, 5) is 0. The van der Waals surface area contributed by atoms with E-state index < -0.39 is 0 Å². The van der Waals surface area contributed by atoms with Crippen LogP contribution in [0.3, 0.4) is 0 Å². The summed E-state index contributed by atoms with van der Waals surface area (Å²) in [6.45, 7) is 7.23. The van der Waals surface area contributed by atoms with Crippen molar-refractivity contribution in [1.29, 1.82) is 0 Å². The summed E-state index contributed by atoms with van der Waals surface area (Å²) in [5.74, 6) is 0.638. The number of nitrogens with one attached hydrogen (secondary N) is 1. The van der Waals surface area contributed by atoms with Crippen molar-refractivity contribution in [3.8, 4) is 0 Å². The molecule has 1 aliphatic heterocycles. The van der Waals surface area contributed by atoms with Gasteiger partial charge in [-0.1, -0.05) is 13.8 Å². The Labute approximate surface area is 86.8 Å². The molecule has 0 radical (unpaired) electrons. The molecule has 1 heterocycles. The summed E-state index contributed by atoms with van der Waals surface area (Å²) in [5.41, 5.74) is -0.0669. The van der Waals surface area contributed by atoms with Gasteiger partial charge in [-0.3, -0.25) is 0 Å². The zero-order valence-corrected chi connectivity index (χ0v) is 9.38. The van der Waals surface area contributed by atoms with E-state index >= 15 is 0 Å². The summed E-state index contributed by atoms with van der Waals surface area (Å²) < 4.78 is 5.32. The van der Waals surface area contributed by atoms with E-state index in [1.807, 2.05) is 0 Å². The van der Waals surface area contributed by atoms with Crippen LogP contribution in [0.1, 0.15) is 33.1 Å². The van der Waals surface area contributed by atoms with Gasteiger partial charge in [0.15, 0.2) is 0 Å². The molecular weight excluding hydrogens is 178 g/mol. The molecule has 1 saturated heterocycles. The minimum atomic E-state index is -0.0669. The summed E-state index contributed by atoms with van der Waals surface area (Å²) in [6.07, 6.45) is 3.11. The Bertz CT molecular complexity index is 143. The minimum Gasteiger partial charge on any atom is -0.394 e. The lowest BCUT2D eigenvalue weighted by Crippen LogP contribution is -2.49. The molecule has 0 aromatic rings. The lowest BCUT2D eigenvalue weighted by Gasteiger charge is -2.32. The molecule has 3 nitrogen and oxygen atoms in total. The zero-order valence-electron chi connectivity index (χ0n) is 9.38. The Balaban J connectivity index is 2.31. The van der Waals surface area contributed by atoms with Crippen LogP contribution in [0.2, 0.25) is 0 Å². The molecule has 0 spiro atoms. The maximum absolute atomic E-state index is 9.36. The van der Waals surface area contributed by atoms with Gasteiger partial charge >= 0.3 is 0 Å². The van der Waals surface area contributed by atoms with Gasteiger partial charge in [0.1, 0.15) is 0 Å². The molecule has 2 N–H and O–H groups in total. The van der Waals surface area contributed by atoms with Gasteiger partial charge in [0.25, 0.3) is 0 Å². The van der Waals surface area contributed by atoms with Gasteiger partial charge in [-0.05, 0) is 25.2 Å². The highest BCUT2D eigenvalue weighted by molar-refractivity contribution is 4.85. The molecule has 1 unspecified atom stereocenters. The van der Waals surface area contributed by atoms with Crippen LogP contribution in [0.25, 0.3) is 0 Å². The molecule has 0 aliphatic carbocycles. The summed E-state index contributed by atoms with van der Waals surface area (Å²) in [5, 5.41) is 12.9. The topological polar surface area (TPSA) is 41.5 Å². The average Bonchev–Trinajstić information content (AvgIpc) is 2.74. The van der Waals surface area contributed by atoms with E-state index in [1.54, 1.807) is 0 Å². The van der Waals surface area contributed by atoms with Crippen molar-refractivity contribution in [1.82, 2.24) is 5.32 Å². The average molecular weight is 201 g/mol. The van der Waals surface area contributed by atoms with Gasteiger partial charge in [0.2, 0.25) is 0 Å². The number of rotatable bonds is 6. The van der Waals surface area contributed by atoms with Crippen molar-refractivity contribution in [3.63, 3.8) is 0 Å². The predicted molar refractivity (Wildman–Crippen MR) is 57.3 cm³/mol. The molecule has 1 fully saturated rings. The van der Waals surface area contributed by atoms with Crippen molar-refractivity contribution < 1.29 is 9.84 Å². The van der Waals surface area contributed by atoms with Gasteiger partial charge in [-0.25, -0.2) is 0 Å². The molecule has 1 aliphatic rings. The summed E-state index contributed by atoms with van der Waals surface area (Å²) in [7, 11) is 0. The Morgan fingerprint density at radius 3 is 2.57 bits per heavy atom. The van der Waals surface area contributed by atoms with Crippen LogP contribution in [0, 0.1) is 5.92 Å². The van der Waals surface area contributed by atoms with Gasteiger partial charge < -0.3 is 15.2 Å². The third-order valence-corrected chi connectivity index (χ3v) is 3.45. The van der Waals surface area contributed by atoms with Crippen molar-refractivity contribution in [2.75, 3.05) is 26.4 Å². The number of hydrogen-bond acceptors (Lipinski definition) is 3. The standard InChI is InChI=1S/C11H23NO2/c1-3-11(4-2,9-13)12-7-10-5-6-14-8-10/h10,12-13H,3-9H2,1-2H3. The van der Waals surface area contributed by atoms with Crippen molar-refractivity contribution in [2.45, 2.75) is 38.6 Å². The predicted octanol–water partition coefficient (Wildman–Crippen LogP) is 1.16. The molecule has 14 heavy (non-hydrogen) atoms. The molecular formula is C11H23NO2. The second-order valence-electron chi connectivity index (χ2n) is 4.26. The van der Waals surface area contributed by atoms with E-state index in [-0.39, 0.29) is 12.1 Å². The molecule has 0 saturated carbocycles. The lowest BCUT2D eigenvalue weighted by atomic mass is 9.93. The Morgan fingerprint density at radius 2 is 2.14 bits per heavy atom. The van der Waals surface area contributed by atoms with Crippen molar-refractivity contribution in [2.24, 2.45) is 5.92 Å². The summed E-state index contributed by atoms with van der Waals surface area (Å²) in [6, 6.07) is 0. The normalized spacial score (nSPS) is 22.9.